The molecule has 0 atom stereocenters. The molecule has 3 N–H and O–H groups in total. The summed E-state index contributed by atoms with van der Waals surface area (Å²) in [5, 5.41) is 12.5. The van der Waals surface area contributed by atoms with E-state index < -0.39 is 5.91 Å². The molecule has 0 radical (unpaired) electrons. The second kappa shape index (κ2) is 5.86. The highest BCUT2D eigenvalue weighted by Crippen LogP contribution is 2.17. The monoisotopic (exact) mass is 271 g/mol. The van der Waals surface area contributed by atoms with E-state index in [9.17, 15) is 4.79 Å². The third-order valence-electron chi connectivity index (χ3n) is 2.73. The van der Waals surface area contributed by atoms with Gasteiger partial charge in [0.1, 0.15) is 0 Å². The summed E-state index contributed by atoms with van der Waals surface area (Å²) in [5.41, 5.74) is 3.55. The van der Waals surface area contributed by atoms with Crippen LogP contribution in [0.1, 0.15) is 21.8 Å². The molecule has 102 valence electrons. The van der Waals surface area contributed by atoms with Crippen molar-refractivity contribution in [3.8, 4) is 6.07 Å². The molecule has 7 nitrogen and oxygen atoms in total. The highest BCUT2D eigenvalue weighted by molar-refractivity contribution is 5.91. The molecule has 1 aromatic heterocycles. The number of anilines is 1. The van der Waals surface area contributed by atoms with E-state index in [-0.39, 0.29) is 5.69 Å². The summed E-state index contributed by atoms with van der Waals surface area (Å²) >= 11 is 0. The van der Waals surface area contributed by atoms with Gasteiger partial charge in [0.2, 0.25) is 0 Å². The van der Waals surface area contributed by atoms with Crippen LogP contribution in [0.4, 0.5) is 5.69 Å². The van der Waals surface area contributed by atoms with Crippen LogP contribution < -0.4 is 16.2 Å². The first-order valence-electron chi connectivity index (χ1n) is 5.82. The number of aromatic nitrogens is 1. The fraction of sp³-hybridized carbons (Fsp3) is 0.154. The first kappa shape index (κ1) is 13.6. The Morgan fingerprint density at radius 3 is 3.05 bits per heavy atom. The predicted molar refractivity (Wildman–Crippen MR) is 71.4 cm³/mol. The normalized spacial score (nSPS) is 9.85. The molecule has 1 heterocycles. The summed E-state index contributed by atoms with van der Waals surface area (Å²) in [7, 11) is 1.85. The van der Waals surface area contributed by atoms with Crippen molar-refractivity contribution in [1.29, 1.82) is 5.26 Å². The lowest BCUT2D eigenvalue weighted by Gasteiger charge is -2.17. The van der Waals surface area contributed by atoms with Gasteiger partial charge in [0, 0.05) is 18.8 Å². The zero-order chi connectivity index (χ0) is 14.5. The predicted octanol–water partition coefficient (Wildman–Crippen LogP) is 0.786. The van der Waals surface area contributed by atoms with Crippen LogP contribution in [0.2, 0.25) is 0 Å². The smallest absolute Gasteiger partial charge is 0.287 e. The van der Waals surface area contributed by atoms with Crippen molar-refractivity contribution in [3.63, 3.8) is 0 Å². The zero-order valence-electron chi connectivity index (χ0n) is 10.8. The molecule has 2 rings (SSSR count). The summed E-state index contributed by atoms with van der Waals surface area (Å²) in [6.45, 7) is 0.416. The number of nitriles is 1. The van der Waals surface area contributed by atoms with Crippen LogP contribution in [-0.2, 0) is 6.54 Å². The van der Waals surface area contributed by atoms with Crippen molar-refractivity contribution in [3.05, 3.63) is 47.3 Å². The number of nitrogen functional groups attached to an aromatic ring is 1. The van der Waals surface area contributed by atoms with E-state index in [1.54, 1.807) is 18.2 Å². The Balaban J connectivity index is 2.11. The lowest BCUT2D eigenvalue weighted by atomic mass is 10.2. The molecule has 0 saturated carbocycles. The molecular weight excluding hydrogens is 258 g/mol. The SMILES string of the molecule is CN(Cc1cc(C(=O)NN)no1)c1cccc(C#N)c1. The topological polar surface area (TPSA) is 108 Å². The van der Waals surface area contributed by atoms with Crippen molar-refractivity contribution in [1.82, 2.24) is 10.6 Å². The van der Waals surface area contributed by atoms with Gasteiger partial charge in [-0.3, -0.25) is 10.2 Å². The van der Waals surface area contributed by atoms with Crippen molar-refractivity contribution in [2.24, 2.45) is 5.84 Å². The van der Waals surface area contributed by atoms with Gasteiger partial charge >= 0.3 is 0 Å². The van der Waals surface area contributed by atoms with Crippen LogP contribution in [0.25, 0.3) is 0 Å². The maximum Gasteiger partial charge on any atom is 0.287 e. The van der Waals surface area contributed by atoms with Crippen LogP contribution in [-0.4, -0.2) is 18.1 Å². The maximum atomic E-state index is 11.3. The first-order chi connectivity index (χ1) is 9.63. The number of carbonyl (C=O) groups is 1. The molecule has 1 amide bonds. The average molecular weight is 271 g/mol. The van der Waals surface area contributed by atoms with Crippen LogP contribution >= 0.6 is 0 Å². The molecule has 0 bridgehead atoms. The zero-order valence-corrected chi connectivity index (χ0v) is 10.8. The molecule has 0 aliphatic rings. The van der Waals surface area contributed by atoms with Gasteiger partial charge in [0.15, 0.2) is 11.5 Å². The Morgan fingerprint density at radius 1 is 1.55 bits per heavy atom. The minimum absolute atomic E-state index is 0.127. The van der Waals surface area contributed by atoms with E-state index in [0.717, 1.165) is 5.69 Å². The Hall–Kier alpha value is -2.85. The first-order valence-corrected chi connectivity index (χ1v) is 5.82. The Labute approximate surface area is 115 Å². The number of nitrogens with zero attached hydrogens (tertiary/aromatic N) is 3. The van der Waals surface area contributed by atoms with E-state index >= 15 is 0 Å². The van der Waals surface area contributed by atoms with Gasteiger partial charge in [0.25, 0.3) is 5.91 Å². The molecule has 2 aromatic rings. The molecule has 0 aliphatic carbocycles. The van der Waals surface area contributed by atoms with Crippen molar-refractivity contribution in [2.45, 2.75) is 6.54 Å². The van der Waals surface area contributed by atoms with Gasteiger partial charge in [-0.05, 0) is 18.2 Å². The van der Waals surface area contributed by atoms with E-state index in [1.165, 1.54) is 6.07 Å². The number of rotatable bonds is 4. The molecule has 0 saturated heterocycles. The Bertz CT molecular complexity index is 659. The van der Waals surface area contributed by atoms with Crippen molar-refractivity contribution >= 4 is 11.6 Å². The minimum Gasteiger partial charge on any atom is -0.367 e. The van der Waals surface area contributed by atoms with Crippen LogP contribution in [0, 0.1) is 11.3 Å². The van der Waals surface area contributed by atoms with E-state index in [1.807, 2.05) is 23.4 Å². The van der Waals surface area contributed by atoms with Gasteiger partial charge in [-0.25, -0.2) is 5.84 Å². The quantitative estimate of drug-likeness (QED) is 0.483. The molecule has 0 fully saturated rings. The van der Waals surface area contributed by atoms with Gasteiger partial charge < -0.3 is 9.42 Å². The number of nitrogens with two attached hydrogens (primary N) is 1. The molecule has 0 aliphatic heterocycles. The van der Waals surface area contributed by atoms with Gasteiger partial charge in [-0.15, -0.1) is 0 Å². The maximum absolute atomic E-state index is 11.3. The van der Waals surface area contributed by atoms with Crippen molar-refractivity contribution in [2.75, 3.05) is 11.9 Å². The summed E-state index contributed by atoms with van der Waals surface area (Å²) in [6, 6.07) is 10.8. The highest BCUT2D eigenvalue weighted by atomic mass is 16.5. The molecule has 0 spiro atoms. The molecule has 20 heavy (non-hydrogen) atoms. The van der Waals surface area contributed by atoms with Gasteiger partial charge in [-0.1, -0.05) is 11.2 Å². The number of nitrogens with one attached hydrogen (secondary N) is 1. The summed E-state index contributed by atoms with van der Waals surface area (Å²) in [5.74, 6) is 5.03. The van der Waals surface area contributed by atoms with E-state index in [0.29, 0.717) is 17.9 Å². The third-order valence-corrected chi connectivity index (χ3v) is 2.73. The number of carbonyl (C=O) groups excluding carboxylic acids is 1. The van der Waals surface area contributed by atoms with Crippen LogP contribution in [0.3, 0.4) is 0 Å². The van der Waals surface area contributed by atoms with E-state index in [2.05, 4.69) is 11.2 Å². The second-order valence-corrected chi connectivity index (χ2v) is 4.17. The van der Waals surface area contributed by atoms with Gasteiger partial charge in [-0.2, -0.15) is 5.26 Å². The van der Waals surface area contributed by atoms with Crippen LogP contribution in [0.5, 0.6) is 0 Å². The minimum atomic E-state index is -0.505. The average Bonchev–Trinajstić information content (AvgIpc) is 2.95. The number of benzene rings is 1. The fourth-order valence-electron chi connectivity index (χ4n) is 1.71. The lowest BCUT2D eigenvalue weighted by molar-refractivity contribution is 0.0944. The number of amides is 1. The largest absolute Gasteiger partial charge is 0.367 e. The molecule has 0 unspecified atom stereocenters. The number of hydrazine groups is 1. The standard InChI is InChI=1S/C13H13N5O2/c1-18(10-4-2-3-9(5-10)7-14)8-11-6-12(17-20-11)13(19)16-15/h2-6H,8,15H2,1H3,(H,16,19). The molecule has 7 heteroatoms. The third kappa shape index (κ3) is 2.93. The summed E-state index contributed by atoms with van der Waals surface area (Å²) in [6.07, 6.45) is 0. The summed E-state index contributed by atoms with van der Waals surface area (Å²) < 4.78 is 5.06. The molecular formula is C13H13N5O2. The Kier molecular flexibility index (Phi) is 3.98. The van der Waals surface area contributed by atoms with Crippen LogP contribution in [0.15, 0.2) is 34.9 Å². The fourth-order valence-corrected chi connectivity index (χ4v) is 1.71. The summed E-state index contributed by atoms with van der Waals surface area (Å²) in [4.78, 5) is 13.1. The second-order valence-electron chi connectivity index (χ2n) is 4.17. The number of hydrogen-bond acceptors (Lipinski definition) is 6. The Morgan fingerprint density at radius 2 is 2.35 bits per heavy atom. The van der Waals surface area contributed by atoms with Crippen molar-refractivity contribution < 1.29 is 9.32 Å². The van der Waals surface area contributed by atoms with E-state index in [4.69, 9.17) is 15.6 Å². The van der Waals surface area contributed by atoms with Gasteiger partial charge in [0.05, 0.1) is 18.2 Å². The highest BCUT2D eigenvalue weighted by Gasteiger charge is 2.12. The lowest BCUT2D eigenvalue weighted by Crippen LogP contribution is -2.30. The molecule has 1 aromatic carbocycles. The number of hydrogen-bond donors (Lipinski definition) is 2.